The van der Waals surface area contributed by atoms with Crippen molar-refractivity contribution in [3.63, 3.8) is 0 Å². The summed E-state index contributed by atoms with van der Waals surface area (Å²) in [5.74, 6) is 1.71. The summed E-state index contributed by atoms with van der Waals surface area (Å²) in [6, 6.07) is 14.4. The Morgan fingerprint density at radius 3 is 2.07 bits per heavy atom. The van der Waals surface area contributed by atoms with Gasteiger partial charge in [-0.2, -0.15) is 0 Å². The fourth-order valence-corrected chi connectivity index (χ4v) is 2.74. The van der Waals surface area contributed by atoms with Gasteiger partial charge in [0.05, 0.1) is 21.3 Å². The molecule has 0 bridgehead atoms. The Bertz CT molecular complexity index is 981. The number of nitrogens with zero attached hydrogens (tertiary/aromatic N) is 2. The summed E-state index contributed by atoms with van der Waals surface area (Å²) in [5.41, 5.74) is 2.38. The summed E-state index contributed by atoms with van der Waals surface area (Å²) in [5, 5.41) is 14.0. The maximum Gasteiger partial charge on any atom is 0.257 e. The van der Waals surface area contributed by atoms with Crippen LogP contribution in [0, 0.1) is 6.92 Å². The fraction of sp³-hybridized carbons (Fsp3) is 0.190. The highest BCUT2D eigenvalue weighted by Gasteiger charge is 2.17. The number of methoxy groups -OCH3 is 3. The largest absolute Gasteiger partial charge is 0.493 e. The van der Waals surface area contributed by atoms with Crippen LogP contribution in [-0.2, 0) is 0 Å². The zero-order valence-electron chi connectivity index (χ0n) is 16.6. The van der Waals surface area contributed by atoms with Gasteiger partial charge < -0.3 is 24.8 Å². The zero-order chi connectivity index (χ0) is 20.8. The summed E-state index contributed by atoms with van der Waals surface area (Å²) in [6.07, 6.45) is 0. The average molecular weight is 394 g/mol. The molecule has 150 valence electrons. The lowest BCUT2D eigenvalue weighted by Gasteiger charge is -2.14. The summed E-state index contributed by atoms with van der Waals surface area (Å²) in [6.45, 7) is 2.01. The van der Waals surface area contributed by atoms with E-state index in [0.29, 0.717) is 34.4 Å². The minimum atomic E-state index is -0.377. The fourth-order valence-electron chi connectivity index (χ4n) is 2.74. The second-order valence-corrected chi connectivity index (χ2v) is 6.17. The third-order valence-electron chi connectivity index (χ3n) is 4.12. The summed E-state index contributed by atoms with van der Waals surface area (Å²) in [4.78, 5) is 12.6. The molecule has 1 aromatic heterocycles. The molecule has 0 aliphatic heterocycles. The van der Waals surface area contributed by atoms with Crippen LogP contribution in [0.4, 0.5) is 17.3 Å². The van der Waals surface area contributed by atoms with Crippen molar-refractivity contribution in [1.82, 2.24) is 10.2 Å². The molecule has 0 aliphatic rings. The molecule has 0 spiro atoms. The summed E-state index contributed by atoms with van der Waals surface area (Å²) >= 11 is 0. The van der Waals surface area contributed by atoms with Crippen LogP contribution in [0.3, 0.4) is 0 Å². The third-order valence-corrected chi connectivity index (χ3v) is 4.12. The van der Waals surface area contributed by atoms with Gasteiger partial charge in [-0.3, -0.25) is 4.79 Å². The number of amides is 1. The van der Waals surface area contributed by atoms with Gasteiger partial charge in [-0.1, -0.05) is 12.1 Å². The van der Waals surface area contributed by atoms with Crippen molar-refractivity contribution in [2.75, 3.05) is 32.0 Å². The van der Waals surface area contributed by atoms with Crippen LogP contribution in [0.2, 0.25) is 0 Å². The van der Waals surface area contributed by atoms with Crippen molar-refractivity contribution in [2.45, 2.75) is 6.92 Å². The molecule has 3 rings (SSSR count). The van der Waals surface area contributed by atoms with E-state index in [-0.39, 0.29) is 5.91 Å². The number of aryl methyl sites for hydroxylation is 1. The Hall–Kier alpha value is -3.81. The molecular weight excluding hydrogens is 372 g/mol. The quantitative estimate of drug-likeness (QED) is 0.629. The SMILES string of the molecule is COc1cc(C(=O)Nc2ccc(Nc3cccc(C)c3)nn2)cc(OC)c1OC. The molecule has 1 heterocycles. The van der Waals surface area contributed by atoms with Gasteiger partial charge in [-0.15, -0.1) is 10.2 Å². The van der Waals surface area contributed by atoms with Crippen LogP contribution in [0.5, 0.6) is 17.2 Å². The average Bonchev–Trinajstić information content (AvgIpc) is 2.74. The molecule has 0 unspecified atom stereocenters. The molecular formula is C21H22N4O4. The number of ether oxygens (including phenoxy) is 3. The van der Waals surface area contributed by atoms with E-state index < -0.39 is 0 Å². The highest BCUT2D eigenvalue weighted by molar-refractivity contribution is 6.04. The van der Waals surface area contributed by atoms with E-state index >= 15 is 0 Å². The molecule has 3 aromatic rings. The van der Waals surface area contributed by atoms with Gasteiger partial charge in [0.25, 0.3) is 5.91 Å². The second-order valence-electron chi connectivity index (χ2n) is 6.17. The van der Waals surface area contributed by atoms with E-state index in [2.05, 4.69) is 20.8 Å². The molecule has 8 nitrogen and oxygen atoms in total. The number of carbonyl (C=O) groups excluding carboxylic acids is 1. The third kappa shape index (κ3) is 4.73. The number of carbonyl (C=O) groups is 1. The first-order chi connectivity index (χ1) is 14.0. The van der Waals surface area contributed by atoms with Crippen molar-refractivity contribution >= 4 is 23.2 Å². The van der Waals surface area contributed by atoms with Crippen molar-refractivity contribution in [3.05, 3.63) is 59.7 Å². The monoisotopic (exact) mass is 394 g/mol. The first-order valence-corrected chi connectivity index (χ1v) is 8.83. The maximum absolute atomic E-state index is 12.6. The van der Waals surface area contributed by atoms with Crippen LogP contribution in [0.25, 0.3) is 0 Å². The first kappa shape index (κ1) is 19.9. The molecule has 0 radical (unpaired) electrons. The molecule has 0 aliphatic carbocycles. The van der Waals surface area contributed by atoms with Gasteiger partial charge in [0.1, 0.15) is 0 Å². The Morgan fingerprint density at radius 1 is 0.862 bits per heavy atom. The Labute approximate surface area is 168 Å². The van der Waals surface area contributed by atoms with Crippen molar-refractivity contribution in [1.29, 1.82) is 0 Å². The van der Waals surface area contributed by atoms with Gasteiger partial charge >= 0.3 is 0 Å². The number of aromatic nitrogens is 2. The Balaban J connectivity index is 1.74. The highest BCUT2D eigenvalue weighted by atomic mass is 16.5. The highest BCUT2D eigenvalue weighted by Crippen LogP contribution is 2.38. The minimum absolute atomic E-state index is 0.318. The second kappa shape index (κ2) is 8.92. The molecule has 29 heavy (non-hydrogen) atoms. The molecule has 0 atom stereocenters. The lowest BCUT2D eigenvalue weighted by atomic mass is 10.1. The predicted octanol–water partition coefficient (Wildman–Crippen LogP) is 3.81. The summed E-state index contributed by atoms with van der Waals surface area (Å²) in [7, 11) is 4.48. The number of nitrogens with one attached hydrogen (secondary N) is 2. The molecule has 0 saturated heterocycles. The van der Waals surface area contributed by atoms with E-state index in [0.717, 1.165) is 11.3 Å². The molecule has 0 fully saturated rings. The van der Waals surface area contributed by atoms with Crippen LogP contribution in [-0.4, -0.2) is 37.4 Å². The van der Waals surface area contributed by atoms with Gasteiger partial charge in [0.2, 0.25) is 5.75 Å². The normalized spacial score (nSPS) is 10.2. The maximum atomic E-state index is 12.6. The Kier molecular flexibility index (Phi) is 6.13. The van der Waals surface area contributed by atoms with Gasteiger partial charge in [0, 0.05) is 11.3 Å². The van der Waals surface area contributed by atoms with Crippen LogP contribution >= 0.6 is 0 Å². The van der Waals surface area contributed by atoms with E-state index in [4.69, 9.17) is 14.2 Å². The summed E-state index contributed by atoms with van der Waals surface area (Å²) < 4.78 is 15.8. The lowest BCUT2D eigenvalue weighted by molar-refractivity contribution is 0.102. The van der Waals surface area contributed by atoms with Crippen LogP contribution < -0.4 is 24.8 Å². The van der Waals surface area contributed by atoms with E-state index in [1.54, 1.807) is 24.3 Å². The van der Waals surface area contributed by atoms with Crippen LogP contribution in [0.15, 0.2) is 48.5 Å². The molecule has 2 aromatic carbocycles. The number of anilines is 3. The molecule has 2 N–H and O–H groups in total. The van der Waals surface area contributed by atoms with Crippen LogP contribution in [0.1, 0.15) is 15.9 Å². The van der Waals surface area contributed by atoms with Gasteiger partial charge in [-0.25, -0.2) is 0 Å². The first-order valence-electron chi connectivity index (χ1n) is 8.83. The lowest BCUT2D eigenvalue weighted by Crippen LogP contribution is -2.14. The van der Waals surface area contributed by atoms with Gasteiger partial charge in [-0.05, 0) is 48.9 Å². The molecule has 8 heteroatoms. The number of hydrogen-bond donors (Lipinski definition) is 2. The smallest absolute Gasteiger partial charge is 0.257 e. The van der Waals surface area contributed by atoms with E-state index in [1.165, 1.54) is 21.3 Å². The van der Waals surface area contributed by atoms with Crippen molar-refractivity contribution in [3.8, 4) is 17.2 Å². The van der Waals surface area contributed by atoms with Gasteiger partial charge in [0.15, 0.2) is 23.1 Å². The molecule has 1 amide bonds. The number of hydrogen-bond acceptors (Lipinski definition) is 7. The Morgan fingerprint density at radius 2 is 1.52 bits per heavy atom. The number of benzene rings is 2. The van der Waals surface area contributed by atoms with E-state index in [1.807, 2.05) is 31.2 Å². The number of rotatable bonds is 7. The van der Waals surface area contributed by atoms with E-state index in [9.17, 15) is 4.79 Å². The van der Waals surface area contributed by atoms with Crippen molar-refractivity contribution < 1.29 is 19.0 Å². The van der Waals surface area contributed by atoms with Crippen molar-refractivity contribution in [2.24, 2.45) is 0 Å². The zero-order valence-corrected chi connectivity index (χ0v) is 16.6. The minimum Gasteiger partial charge on any atom is -0.493 e. The topological polar surface area (TPSA) is 94.6 Å². The predicted molar refractivity (Wildman–Crippen MR) is 111 cm³/mol. The standard InChI is InChI=1S/C21H22N4O4/c1-13-6-5-7-15(10-13)22-18-8-9-19(25-24-18)23-21(26)14-11-16(27-2)20(29-4)17(12-14)28-3/h5-12H,1-4H3,(H,22,24)(H,23,25,26). The molecule has 0 saturated carbocycles.